The molecule has 0 aliphatic rings. The summed E-state index contributed by atoms with van der Waals surface area (Å²) < 4.78 is 0. The van der Waals surface area contributed by atoms with E-state index in [1.165, 1.54) is 0 Å². The van der Waals surface area contributed by atoms with Crippen molar-refractivity contribution >= 4 is 11.8 Å². The van der Waals surface area contributed by atoms with Gasteiger partial charge in [-0.2, -0.15) is 11.8 Å². The molecule has 0 spiro atoms. The molecule has 0 aliphatic heterocycles. The molecule has 2 unspecified atom stereocenters. The van der Waals surface area contributed by atoms with Crippen molar-refractivity contribution < 1.29 is 5.11 Å². The van der Waals surface area contributed by atoms with Crippen LogP contribution in [0.25, 0.3) is 0 Å². The van der Waals surface area contributed by atoms with Gasteiger partial charge in [0, 0.05) is 23.6 Å². The highest BCUT2D eigenvalue weighted by molar-refractivity contribution is 8.00. The lowest BCUT2D eigenvalue weighted by atomic mass is 10.0. The van der Waals surface area contributed by atoms with E-state index in [2.05, 4.69) is 32.8 Å². The van der Waals surface area contributed by atoms with E-state index in [1.807, 2.05) is 0 Å². The van der Waals surface area contributed by atoms with Crippen molar-refractivity contribution in [3.63, 3.8) is 0 Å². The third-order valence-corrected chi connectivity index (χ3v) is 3.62. The number of thioether (sulfide) groups is 1. The van der Waals surface area contributed by atoms with E-state index in [4.69, 9.17) is 5.73 Å². The van der Waals surface area contributed by atoms with Crippen LogP contribution in [-0.4, -0.2) is 54.3 Å². The zero-order valence-electron chi connectivity index (χ0n) is 10.4. The van der Waals surface area contributed by atoms with Gasteiger partial charge < -0.3 is 15.7 Å². The zero-order valence-corrected chi connectivity index (χ0v) is 11.3. The van der Waals surface area contributed by atoms with Crippen LogP contribution < -0.4 is 5.73 Å². The van der Waals surface area contributed by atoms with Crippen LogP contribution in [0, 0.1) is 5.92 Å². The van der Waals surface area contributed by atoms with Crippen LogP contribution in [0.3, 0.4) is 0 Å². The standard InChI is InChI=1S/C11H26N2OS/c1-9(2)7-10(12)11(8-14)15-6-5-13(3)4/h9-11,14H,5-8,12H2,1-4H3. The van der Waals surface area contributed by atoms with Gasteiger partial charge in [-0.1, -0.05) is 13.8 Å². The Hall–Kier alpha value is 0.230. The highest BCUT2D eigenvalue weighted by Crippen LogP contribution is 2.18. The summed E-state index contributed by atoms with van der Waals surface area (Å²) in [6.45, 7) is 5.55. The first kappa shape index (κ1) is 15.2. The lowest BCUT2D eigenvalue weighted by molar-refractivity contribution is 0.275. The third-order valence-electron chi connectivity index (χ3n) is 2.27. The average molecular weight is 234 g/mol. The van der Waals surface area contributed by atoms with Crippen molar-refractivity contribution in [2.24, 2.45) is 11.7 Å². The minimum atomic E-state index is 0.113. The van der Waals surface area contributed by atoms with Crippen LogP contribution in [0.2, 0.25) is 0 Å². The zero-order chi connectivity index (χ0) is 11.8. The lowest BCUT2D eigenvalue weighted by Crippen LogP contribution is -2.37. The molecular formula is C11H26N2OS. The Morgan fingerprint density at radius 1 is 1.33 bits per heavy atom. The van der Waals surface area contributed by atoms with E-state index in [-0.39, 0.29) is 17.9 Å². The van der Waals surface area contributed by atoms with E-state index in [0.29, 0.717) is 5.92 Å². The molecule has 0 bridgehead atoms. The average Bonchev–Trinajstić information content (AvgIpc) is 2.10. The van der Waals surface area contributed by atoms with E-state index >= 15 is 0 Å². The molecule has 0 aromatic heterocycles. The Morgan fingerprint density at radius 3 is 2.33 bits per heavy atom. The van der Waals surface area contributed by atoms with E-state index in [0.717, 1.165) is 18.7 Å². The number of aliphatic hydroxyl groups is 1. The molecule has 3 nitrogen and oxygen atoms in total. The molecule has 92 valence electrons. The summed E-state index contributed by atoms with van der Waals surface area (Å²) in [5, 5.41) is 9.45. The van der Waals surface area contributed by atoms with Gasteiger partial charge in [0.1, 0.15) is 0 Å². The third kappa shape index (κ3) is 8.08. The summed E-state index contributed by atoms with van der Waals surface area (Å²) in [4.78, 5) is 2.15. The predicted molar refractivity (Wildman–Crippen MR) is 69.3 cm³/mol. The number of hydrogen-bond donors (Lipinski definition) is 2. The van der Waals surface area contributed by atoms with Gasteiger partial charge in [-0.3, -0.25) is 0 Å². The smallest absolute Gasteiger partial charge is 0.0565 e. The molecule has 0 saturated carbocycles. The maximum absolute atomic E-state index is 9.26. The highest BCUT2D eigenvalue weighted by atomic mass is 32.2. The minimum absolute atomic E-state index is 0.113. The molecule has 15 heavy (non-hydrogen) atoms. The topological polar surface area (TPSA) is 49.5 Å². The molecule has 0 fully saturated rings. The second kappa shape index (κ2) is 8.39. The van der Waals surface area contributed by atoms with Crippen LogP contribution in [0.4, 0.5) is 0 Å². The monoisotopic (exact) mass is 234 g/mol. The fraction of sp³-hybridized carbons (Fsp3) is 1.00. The molecular weight excluding hydrogens is 208 g/mol. The molecule has 0 heterocycles. The quantitative estimate of drug-likeness (QED) is 0.658. The summed E-state index contributed by atoms with van der Waals surface area (Å²) in [5.41, 5.74) is 6.05. The van der Waals surface area contributed by atoms with Gasteiger partial charge >= 0.3 is 0 Å². The first-order valence-electron chi connectivity index (χ1n) is 5.60. The van der Waals surface area contributed by atoms with Crippen LogP contribution in [-0.2, 0) is 0 Å². The van der Waals surface area contributed by atoms with Crippen LogP contribution in [0.15, 0.2) is 0 Å². The number of hydrogen-bond acceptors (Lipinski definition) is 4. The van der Waals surface area contributed by atoms with Gasteiger partial charge in [0.05, 0.1) is 6.61 Å². The van der Waals surface area contributed by atoms with Gasteiger partial charge in [-0.15, -0.1) is 0 Å². The molecule has 0 amide bonds. The van der Waals surface area contributed by atoms with E-state index in [9.17, 15) is 5.11 Å². The van der Waals surface area contributed by atoms with Crippen LogP contribution in [0.1, 0.15) is 20.3 Å². The van der Waals surface area contributed by atoms with Crippen LogP contribution >= 0.6 is 11.8 Å². The summed E-state index contributed by atoms with van der Waals surface area (Å²) in [5.74, 6) is 1.63. The van der Waals surface area contributed by atoms with Gasteiger partial charge in [0.2, 0.25) is 0 Å². The first-order valence-corrected chi connectivity index (χ1v) is 6.65. The van der Waals surface area contributed by atoms with Crippen molar-refractivity contribution in [3.05, 3.63) is 0 Å². The van der Waals surface area contributed by atoms with Gasteiger partial charge in [-0.05, 0) is 26.4 Å². The molecule has 4 heteroatoms. The van der Waals surface area contributed by atoms with Gasteiger partial charge in [0.25, 0.3) is 0 Å². The Kier molecular flexibility index (Phi) is 8.52. The summed E-state index contributed by atoms with van der Waals surface area (Å²) in [6, 6.07) is 0.113. The first-order chi connectivity index (χ1) is 6.97. The van der Waals surface area contributed by atoms with E-state index in [1.54, 1.807) is 11.8 Å². The largest absolute Gasteiger partial charge is 0.395 e. The molecule has 0 aliphatic carbocycles. The minimum Gasteiger partial charge on any atom is -0.395 e. The molecule has 0 saturated heterocycles. The Labute approximate surface area is 98.4 Å². The van der Waals surface area contributed by atoms with Crippen molar-refractivity contribution in [2.45, 2.75) is 31.6 Å². The van der Waals surface area contributed by atoms with E-state index < -0.39 is 0 Å². The second-order valence-corrected chi connectivity index (χ2v) is 6.04. The number of rotatable bonds is 8. The number of nitrogens with zero attached hydrogens (tertiary/aromatic N) is 1. The van der Waals surface area contributed by atoms with Crippen molar-refractivity contribution in [1.29, 1.82) is 0 Å². The van der Waals surface area contributed by atoms with Gasteiger partial charge in [-0.25, -0.2) is 0 Å². The maximum atomic E-state index is 9.26. The molecule has 2 atom stereocenters. The Bertz CT molecular complexity index is 154. The Morgan fingerprint density at radius 2 is 1.93 bits per heavy atom. The summed E-state index contributed by atoms with van der Waals surface area (Å²) >= 11 is 1.78. The second-order valence-electron chi connectivity index (χ2n) is 4.69. The maximum Gasteiger partial charge on any atom is 0.0565 e. The number of nitrogens with two attached hydrogens (primary N) is 1. The molecule has 0 aromatic carbocycles. The normalized spacial score (nSPS) is 16.0. The summed E-state index contributed by atoms with van der Waals surface area (Å²) in [7, 11) is 4.12. The lowest BCUT2D eigenvalue weighted by Gasteiger charge is -2.23. The SMILES string of the molecule is CC(C)CC(N)C(CO)SCCN(C)C. The predicted octanol–water partition coefficient (Wildman–Crippen LogP) is 1.02. The highest BCUT2D eigenvalue weighted by Gasteiger charge is 2.18. The van der Waals surface area contributed by atoms with Crippen LogP contribution in [0.5, 0.6) is 0 Å². The fourth-order valence-electron chi connectivity index (χ4n) is 1.39. The molecule has 0 aromatic rings. The summed E-state index contributed by atoms with van der Waals surface area (Å²) in [6.07, 6.45) is 0.986. The molecule has 0 radical (unpaired) electrons. The number of aliphatic hydroxyl groups excluding tert-OH is 1. The fourth-order valence-corrected chi connectivity index (χ4v) is 2.63. The molecule has 0 rings (SSSR count). The van der Waals surface area contributed by atoms with Crippen molar-refractivity contribution in [3.8, 4) is 0 Å². The van der Waals surface area contributed by atoms with Gasteiger partial charge in [0.15, 0.2) is 0 Å². The molecule has 3 N–H and O–H groups in total. The Balaban J connectivity index is 3.79. The van der Waals surface area contributed by atoms with Crippen molar-refractivity contribution in [1.82, 2.24) is 4.90 Å². The van der Waals surface area contributed by atoms with Crippen molar-refractivity contribution in [2.75, 3.05) is 33.0 Å².